The molecule has 2 heterocycles. The third kappa shape index (κ3) is 4.12. The summed E-state index contributed by atoms with van der Waals surface area (Å²) in [5.41, 5.74) is 0.651. The van der Waals surface area contributed by atoms with Crippen LogP contribution in [0.25, 0.3) is 0 Å². The number of benzene rings is 2. The van der Waals surface area contributed by atoms with Gasteiger partial charge in [0.2, 0.25) is 5.91 Å². The Bertz CT molecular complexity index is 987. The first-order valence-corrected chi connectivity index (χ1v) is 9.78. The first kappa shape index (κ1) is 19.9. The molecule has 0 aliphatic carbocycles. The van der Waals surface area contributed by atoms with E-state index in [1.54, 1.807) is 23.1 Å². The zero-order valence-electron chi connectivity index (χ0n) is 16.3. The molecule has 8 heteroatoms. The topological polar surface area (TPSA) is 76.2 Å². The van der Waals surface area contributed by atoms with E-state index < -0.39 is 5.82 Å². The minimum Gasteiger partial charge on any atom is -0.482 e. The Balaban J connectivity index is 1.51. The fraction of sp³-hybridized carbons (Fsp3) is 0.318. The first-order valence-electron chi connectivity index (χ1n) is 9.78. The molecule has 1 fully saturated rings. The van der Waals surface area contributed by atoms with Gasteiger partial charge in [0, 0.05) is 18.7 Å². The van der Waals surface area contributed by atoms with E-state index in [2.05, 4.69) is 0 Å². The van der Waals surface area contributed by atoms with Gasteiger partial charge in [-0.25, -0.2) is 4.39 Å². The molecule has 0 aromatic heterocycles. The van der Waals surface area contributed by atoms with E-state index >= 15 is 0 Å². The van der Waals surface area contributed by atoms with Crippen molar-refractivity contribution in [3.8, 4) is 11.5 Å². The van der Waals surface area contributed by atoms with E-state index in [1.807, 2.05) is 0 Å². The fourth-order valence-corrected chi connectivity index (χ4v) is 3.54. The van der Waals surface area contributed by atoms with E-state index in [4.69, 9.17) is 9.47 Å². The maximum atomic E-state index is 13.7. The van der Waals surface area contributed by atoms with Gasteiger partial charge in [-0.05, 0) is 43.2 Å². The lowest BCUT2D eigenvalue weighted by Gasteiger charge is -2.30. The number of nitrogens with zero attached hydrogens (tertiary/aromatic N) is 2. The molecule has 2 aromatic rings. The van der Waals surface area contributed by atoms with Crippen LogP contribution < -0.4 is 14.4 Å². The van der Waals surface area contributed by atoms with Gasteiger partial charge >= 0.3 is 0 Å². The number of hydrogen-bond acceptors (Lipinski definition) is 5. The van der Waals surface area contributed by atoms with Crippen LogP contribution in [0.4, 0.5) is 10.1 Å². The average molecular weight is 412 g/mol. The second-order valence-electron chi connectivity index (χ2n) is 7.18. The number of fused-ring (bicyclic) bond motifs is 1. The van der Waals surface area contributed by atoms with Crippen molar-refractivity contribution in [2.75, 3.05) is 37.7 Å². The minimum absolute atomic E-state index is 0.0137. The van der Waals surface area contributed by atoms with E-state index in [-0.39, 0.29) is 48.7 Å². The number of likely N-dealkylation sites (tertiary alicyclic amines) is 1. The van der Waals surface area contributed by atoms with Gasteiger partial charge in [-0.1, -0.05) is 12.1 Å². The number of halogens is 1. The molecule has 4 rings (SSSR count). The van der Waals surface area contributed by atoms with Gasteiger partial charge < -0.3 is 14.4 Å². The zero-order valence-corrected chi connectivity index (χ0v) is 16.3. The van der Waals surface area contributed by atoms with Crippen LogP contribution in [0.3, 0.4) is 0 Å². The lowest BCUT2D eigenvalue weighted by molar-refractivity contribution is -0.131. The van der Waals surface area contributed by atoms with E-state index in [9.17, 15) is 18.8 Å². The van der Waals surface area contributed by atoms with Crippen molar-refractivity contribution in [2.24, 2.45) is 0 Å². The fourth-order valence-electron chi connectivity index (χ4n) is 3.54. The van der Waals surface area contributed by atoms with Crippen molar-refractivity contribution >= 4 is 23.3 Å². The molecule has 0 spiro atoms. The van der Waals surface area contributed by atoms with Gasteiger partial charge in [-0.3, -0.25) is 19.3 Å². The number of rotatable bonds is 6. The van der Waals surface area contributed by atoms with Gasteiger partial charge in [0.1, 0.15) is 12.3 Å². The number of hydrogen-bond donors (Lipinski definition) is 0. The lowest BCUT2D eigenvalue weighted by Crippen LogP contribution is -2.46. The summed E-state index contributed by atoms with van der Waals surface area (Å²) in [5.74, 6) is -1.00. The number of amides is 2. The van der Waals surface area contributed by atoms with Crippen LogP contribution in [0, 0.1) is 5.82 Å². The Kier molecular flexibility index (Phi) is 5.65. The molecule has 0 unspecified atom stereocenters. The number of ether oxygens (including phenoxy) is 2. The highest BCUT2D eigenvalue weighted by Crippen LogP contribution is 2.33. The molecule has 0 saturated carbocycles. The van der Waals surface area contributed by atoms with Gasteiger partial charge in [0.15, 0.2) is 30.6 Å². The number of para-hydroxylation sites is 1. The SMILES string of the molecule is O=C(COc1ccccc1F)c1ccc2c(c1)N(CC(=O)N1CCCC1)C(=O)CO2. The van der Waals surface area contributed by atoms with E-state index in [1.165, 1.54) is 29.2 Å². The monoisotopic (exact) mass is 412 g/mol. The largest absolute Gasteiger partial charge is 0.482 e. The van der Waals surface area contributed by atoms with Crippen LogP contribution in [0.1, 0.15) is 23.2 Å². The highest BCUT2D eigenvalue weighted by molar-refractivity contribution is 6.04. The Hall–Kier alpha value is -3.42. The molecule has 30 heavy (non-hydrogen) atoms. The maximum Gasteiger partial charge on any atom is 0.265 e. The molecule has 2 aliphatic rings. The van der Waals surface area contributed by atoms with Gasteiger partial charge in [0.25, 0.3) is 5.91 Å². The summed E-state index contributed by atoms with van der Waals surface area (Å²) in [6.07, 6.45) is 1.92. The van der Waals surface area contributed by atoms with Crippen molar-refractivity contribution in [3.05, 3.63) is 53.8 Å². The number of carbonyl (C=O) groups is 3. The van der Waals surface area contributed by atoms with Crippen molar-refractivity contribution in [2.45, 2.75) is 12.8 Å². The molecule has 0 N–H and O–H groups in total. The molecule has 156 valence electrons. The highest BCUT2D eigenvalue weighted by Gasteiger charge is 2.30. The minimum atomic E-state index is -0.554. The molecule has 7 nitrogen and oxygen atoms in total. The number of anilines is 1. The number of carbonyl (C=O) groups excluding carboxylic acids is 3. The summed E-state index contributed by atoms with van der Waals surface area (Å²) < 4.78 is 24.4. The van der Waals surface area contributed by atoms with Crippen molar-refractivity contribution in [1.82, 2.24) is 4.90 Å². The van der Waals surface area contributed by atoms with Crippen LogP contribution in [0.15, 0.2) is 42.5 Å². The molecule has 2 aromatic carbocycles. The number of Topliss-reactive ketones (excluding diaryl/α,β-unsaturated/α-hetero) is 1. The quantitative estimate of drug-likeness (QED) is 0.682. The second-order valence-corrected chi connectivity index (χ2v) is 7.18. The van der Waals surface area contributed by atoms with Crippen molar-refractivity contribution in [1.29, 1.82) is 0 Å². The second kappa shape index (κ2) is 8.52. The van der Waals surface area contributed by atoms with Crippen LogP contribution in [0.5, 0.6) is 11.5 Å². The van der Waals surface area contributed by atoms with Crippen molar-refractivity contribution < 1.29 is 28.2 Å². The van der Waals surface area contributed by atoms with Crippen LogP contribution in [-0.4, -0.2) is 55.3 Å². The zero-order chi connectivity index (χ0) is 21.1. The smallest absolute Gasteiger partial charge is 0.265 e. The predicted octanol–water partition coefficient (Wildman–Crippen LogP) is 2.44. The molecular formula is C22H21FN2O5. The third-order valence-corrected chi connectivity index (χ3v) is 5.17. The molecule has 0 bridgehead atoms. The summed E-state index contributed by atoms with van der Waals surface area (Å²) in [5, 5.41) is 0. The van der Waals surface area contributed by atoms with E-state index in [0.717, 1.165) is 12.8 Å². The first-order chi connectivity index (χ1) is 14.5. The summed E-state index contributed by atoms with van der Waals surface area (Å²) >= 11 is 0. The average Bonchev–Trinajstić information content (AvgIpc) is 3.30. The Morgan fingerprint density at radius 2 is 1.87 bits per heavy atom. The van der Waals surface area contributed by atoms with Crippen molar-refractivity contribution in [3.63, 3.8) is 0 Å². The summed E-state index contributed by atoms with van der Waals surface area (Å²) in [4.78, 5) is 40.6. The van der Waals surface area contributed by atoms with Gasteiger partial charge in [-0.2, -0.15) is 0 Å². The summed E-state index contributed by atoms with van der Waals surface area (Å²) in [6.45, 7) is 0.760. The van der Waals surface area contributed by atoms with Crippen LogP contribution in [0.2, 0.25) is 0 Å². The van der Waals surface area contributed by atoms with E-state index in [0.29, 0.717) is 24.5 Å². The standard InChI is InChI=1S/C22H21FN2O5/c23-16-5-1-2-6-19(16)29-13-18(26)15-7-8-20-17(11-15)25(22(28)14-30-20)12-21(27)24-9-3-4-10-24/h1-2,5-8,11H,3-4,9-10,12-14H2. The number of ketones is 1. The Labute approximate surface area is 173 Å². The Morgan fingerprint density at radius 3 is 2.63 bits per heavy atom. The predicted molar refractivity (Wildman–Crippen MR) is 106 cm³/mol. The molecule has 2 amide bonds. The lowest BCUT2D eigenvalue weighted by atomic mass is 10.1. The molecular weight excluding hydrogens is 391 g/mol. The molecule has 1 saturated heterocycles. The maximum absolute atomic E-state index is 13.7. The van der Waals surface area contributed by atoms with Gasteiger partial charge in [-0.15, -0.1) is 0 Å². The summed E-state index contributed by atoms with van der Waals surface area (Å²) in [6, 6.07) is 10.5. The molecule has 0 radical (unpaired) electrons. The summed E-state index contributed by atoms with van der Waals surface area (Å²) in [7, 11) is 0. The highest BCUT2D eigenvalue weighted by atomic mass is 19.1. The molecule has 0 atom stereocenters. The normalized spacial score (nSPS) is 15.6. The van der Waals surface area contributed by atoms with Crippen LogP contribution >= 0.6 is 0 Å². The van der Waals surface area contributed by atoms with Gasteiger partial charge in [0.05, 0.1) is 5.69 Å². The Morgan fingerprint density at radius 1 is 1.10 bits per heavy atom. The third-order valence-electron chi connectivity index (χ3n) is 5.17. The molecule has 2 aliphatic heterocycles. The van der Waals surface area contributed by atoms with Crippen LogP contribution in [-0.2, 0) is 9.59 Å².